The van der Waals surface area contributed by atoms with Crippen molar-refractivity contribution in [1.29, 1.82) is 0 Å². The Hall–Kier alpha value is -2.51. The van der Waals surface area contributed by atoms with E-state index in [4.69, 9.17) is 12.2 Å². The summed E-state index contributed by atoms with van der Waals surface area (Å²) in [6, 6.07) is 13.7. The van der Waals surface area contributed by atoms with E-state index in [1.54, 1.807) is 23.1 Å². The molecular weight excluding hydrogens is 419 g/mol. The number of aryl methyl sites for hydroxylation is 1. The fourth-order valence-corrected chi connectivity index (χ4v) is 4.39. The van der Waals surface area contributed by atoms with Crippen molar-refractivity contribution < 1.29 is 14.0 Å². The van der Waals surface area contributed by atoms with Crippen molar-refractivity contribution in [2.24, 2.45) is 0 Å². The fourth-order valence-electron chi connectivity index (χ4n) is 3.08. The van der Waals surface area contributed by atoms with Gasteiger partial charge in [-0.15, -0.1) is 0 Å². The molecule has 0 aliphatic carbocycles. The van der Waals surface area contributed by atoms with Crippen LogP contribution in [0.15, 0.2) is 53.4 Å². The van der Waals surface area contributed by atoms with Gasteiger partial charge >= 0.3 is 0 Å². The highest BCUT2D eigenvalue weighted by atomic mass is 32.2. The van der Waals surface area contributed by atoms with Gasteiger partial charge in [0.05, 0.1) is 4.91 Å². The lowest BCUT2D eigenvalue weighted by Crippen LogP contribution is -2.29. The van der Waals surface area contributed by atoms with Crippen molar-refractivity contribution >= 4 is 51.9 Å². The summed E-state index contributed by atoms with van der Waals surface area (Å²) in [5.74, 6) is -0.438. The molecule has 1 saturated heterocycles. The second kappa shape index (κ2) is 10.5. The smallest absolute Gasteiger partial charge is 0.266 e. The number of hydrogen-bond acceptors (Lipinski definition) is 4. The Kier molecular flexibility index (Phi) is 7.76. The molecule has 2 aromatic rings. The van der Waals surface area contributed by atoms with Gasteiger partial charge in [0, 0.05) is 18.7 Å². The summed E-state index contributed by atoms with van der Waals surface area (Å²) in [4.78, 5) is 26.8. The highest BCUT2D eigenvalue weighted by Crippen LogP contribution is 2.32. The Morgan fingerprint density at radius 1 is 1.17 bits per heavy atom. The Morgan fingerprint density at radius 2 is 1.93 bits per heavy atom. The van der Waals surface area contributed by atoms with Crippen LogP contribution in [0.25, 0.3) is 6.08 Å². The first kappa shape index (κ1) is 22.2. The van der Waals surface area contributed by atoms with E-state index < -0.39 is 0 Å². The van der Waals surface area contributed by atoms with E-state index in [0.717, 1.165) is 36.1 Å². The normalized spacial score (nSPS) is 15.1. The molecule has 0 bridgehead atoms. The first-order valence-electron chi connectivity index (χ1n) is 9.80. The largest absolute Gasteiger partial charge is 0.326 e. The van der Waals surface area contributed by atoms with E-state index in [0.29, 0.717) is 22.2 Å². The molecule has 156 valence electrons. The van der Waals surface area contributed by atoms with Crippen LogP contribution in [0.5, 0.6) is 0 Å². The summed E-state index contributed by atoms with van der Waals surface area (Å²) >= 11 is 6.60. The molecule has 3 rings (SSSR count). The fraction of sp³-hybridized carbons (Fsp3) is 0.261. The van der Waals surface area contributed by atoms with Gasteiger partial charge < -0.3 is 5.32 Å². The molecule has 0 spiro atoms. The molecular formula is C23H23FN2O2S2. The first-order chi connectivity index (χ1) is 14.4. The van der Waals surface area contributed by atoms with E-state index in [2.05, 4.69) is 5.32 Å². The molecule has 1 N–H and O–H groups in total. The minimum atomic E-state index is -0.313. The predicted octanol–water partition coefficient (Wildman–Crippen LogP) is 5.53. The number of thioether (sulfide) groups is 1. The Labute approximate surface area is 185 Å². The third-order valence-electron chi connectivity index (χ3n) is 4.63. The van der Waals surface area contributed by atoms with Crippen LogP contribution in [0.3, 0.4) is 0 Å². The van der Waals surface area contributed by atoms with Gasteiger partial charge in [-0.3, -0.25) is 14.5 Å². The average Bonchev–Trinajstić information content (AvgIpc) is 2.96. The number of anilines is 1. The van der Waals surface area contributed by atoms with Gasteiger partial charge in [-0.1, -0.05) is 54.7 Å². The van der Waals surface area contributed by atoms with Crippen molar-refractivity contribution in [3.8, 4) is 0 Å². The van der Waals surface area contributed by atoms with Crippen molar-refractivity contribution in [2.45, 2.75) is 32.6 Å². The maximum atomic E-state index is 13.0. The molecule has 1 fully saturated rings. The number of carbonyl (C=O) groups is 2. The third kappa shape index (κ3) is 6.24. The number of benzene rings is 2. The van der Waals surface area contributed by atoms with Crippen LogP contribution in [0.4, 0.5) is 10.1 Å². The lowest BCUT2D eigenvalue weighted by Gasteiger charge is -2.14. The highest BCUT2D eigenvalue weighted by Gasteiger charge is 2.31. The molecule has 0 unspecified atom stereocenters. The van der Waals surface area contributed by atoms with E-state index in [1.165, 1.54) is 23.9 Å². The molecule has 1 heterocycles. The van der Waals surface area contributed by atoms with E-state index in [1.807, 2.05) is 31.2 Å². The summed E-state index contributed by atoms with van der Waals surface area (Å²) in [6.45, 7) is 2.52. The number of halogens is 1. The Morgan fingerprint density at radius 3 is 2.67 bits per heavy atom. The maximum Gasteiger partial charge on any atom is 0.266 e. The highest BCUT2D eigenvalue weighted by molar-refractivity contribution is 8.26. The number of carbonyl (C=O) groups excluding carboxylic acids is 2. The van der Waals surface area contributed by atoms with E-state index in [-0.39, 0.29) is 17.6 Å². The third-order valence-corrected chi connectivity index (χ3v) is 6.01. The number of hydrogen-bond donors (Lipinski definition) is 1. The molecule has 0 atom stereocenters. The topological polar surface area (TPSA) is 49.4 Å². The standard InChI is InChI=1S/C23H23FN2O2S2/c1-16-6-5-7-19(14-16)25-21(27)8-3-2-4-13-26-22(28)20(30-23(26)29)15-17-9-11-18(24)12-10-17/h5-7,9-12,14-15H,2-4,8,13H2,1H3,(H,25,27)/b20-15-. The summed E-state index contributed by atoms with van der Waals surface area (Å²) < 4.78 is 13.6. The van der Waals surface area contributed by atoms with Crippen LogP contribution in [0.2, 0.25) is 0 Å². The maximum absolute atomic E-state index is 13.0. The van der Waals surface area contributed by atoms with Crippen LogP contribution in [0, 0.1) is 12.7 Å². The van der Waals surface area contributed by atoms with E-state index in [9.17, 15) is 14.0 Å². The molecule has 7 heteroatoms. The predicted molar refractivity (Wildman–Crippen MR) is 125 cm³/mol. The number of amides is 2. The molecule has 0 saturated carbocycles. The van der Waals surface area contributed by atoms with Gasteiger partial charge in [-0.2, -0.15) is 0 Å². The molecule has 0 radical (unpaired) electrons. The second-order valence-corrected chi connectivity index (χ2v) is 8.79. The summed E-state index contributed by atoms with van der Waals surface area (Å²) in [7, 11) is 0. The zero-order valence-corrected chi connectivity index (χ0v) is 18.3. The van der Waals surface area contributed by atoms with Gasteiger partial charge in [-0.05, 0) is 61.2 Å². The minimum Gasteiger partial charge on any atom is -0.326 e. The van der Waals surface area contributed by atoms with Crippen LogP contribution in [0.1, 0.15) is 36.8 Å². The van der Waals surface area contributed by atoms with Gasteiger partial charge in [0.25, 0.3) is 5.91 Å². The number of thiocarbonyl (C=S) groups is 1. The van der Waals surface area contributed by atoms with Crippen molar-refractivity contribution in [2.75, 3.05) is 11.9 Å². The average molecular weight is 443 g/mol. The summed E-state index contributed by atoms with van der Waals surface area (Å²) in [5.41, 5.74) is 2.67. The quantitative estimate of drug-likeness (QED) is 0.332. The van der Waals surface area contributed by atoms with Crippen molar-refractivity contribution in [3.63, 3.8) is 0 Å². The lowest BCUT2D eigenvalue weighted by molar-refractivity contribution is -0.122. The number of rotatable bonds is 8. The van der Waals surface area contributed by atoms with Crippen molar-refractivity contribution in [3.05, 3.63) is 70.4 Å². The van der Waals surface area contributed by atoms with Crippen LogP contribution < -0.4 is 5.32 Å². The van der Waals surface area contributed by atoms with Crippen LogP contribution in [-0.4, -0.2) is 27.6 Å². The molecule has 1 aliphatic heterocycles. The molecule has 30 heavy (non-hydrogen) atoms. The SMILES string of the molecule is Cc1cccc(NC(=O)CCCCCN2C(=O)/C(=C/c3ccc(F)cc3)SC2=S)c1. The number of nitrogens with zero attached hydrogens (tertiary/aromatic N) is 1. The summed E-state index contributed by atoms with van der Waals surface area (Å²) in [6.07, 6.45) is 4.52. The van der Waals surface area contributed by atoms with Gasteiger partial charge in [0.15, 0.2) is 0 Å². The van der Waals surface area contributed by atoms with E-state index >= 15 is 0 Å². The zero-order valence-electron chi connectivity index (χ0n) is 16.7. The molecule has 4 nitrogen and oxygen atoms in total. The Balaban J connectivity index is 1.41. The summed E-state index contributed by atoms with van der Waals surface area (Å²) in [5, 5.41) is 2.90. The van der Waals surface area contributed by atoms with Crippen LogP contribution >= 0.6 is 24.0 Å². The molecule has 1 aliphatic rings. The molecule has 2 amide bonds. The Bertz CT molecular complexity index is 973. The zero-order chi connectivity index (χ0) is 21.5. The van der Waals surface area contributed by atoms with Crippen LogP contribution in [-0.2, 0) is 9.59 Å². The number of unbranched alkanes of at least 4 members (excludes halogenated alkanes) is 2. The first-order valence-corrected chi connectivity index (χ1v) is 11.0. The molecule has 0 aromatic heterocycles. The number of nitrogens with one attached hydrogen (secondary N) is 1. The monoisotopic (exact) mass is 442 g/mol. The minimum absolute atomic E-state index is 0.00607. The van der Waals surface area contributed by atoms with Gasteiger partial charge in [0.2, 0.25) is 5.91 Å². The van der Waals surface area contributed by atoms with Gasteiger partial charge in [0.1, 0.15) is 10.1 Å². The second-order valence-electron chi connectivity index (χ2n) is 7.11. The molecule has 2 aromatic carbocycles. The lowest BCUT2D eigenvalue weighted by atomic mass is 10.1. The van der Waals surface area contributed by atoms with Gasteiger partial charge in [-0.25, -0.2) is 4.39 Å². The van der Waals surface area contributed by atoms with Crippen molar-refractivity contribution in [1.82, 2.24) is 4.90 Å².